The summed E-state index contributed by atoms with van der Waals surface area (Å²) in [6.07, 6.45) is 5.14. The van der Waals surface area contributed by atoms with Crippen molar-refractivity contribution in [2.24, 2.45) is 22.7 Å². The Morgan fingerprint density at radius 1 is 0.696 bits per heavy atom. The van der Waals surface area contributed by atoms with Crippen LogP contribution in [0.15, 0.2) is 44.8 Å². The molecule has 2 aliphatic rings. The highest BCUT2D eigenvalue weighted by atomic mass is 28.2. The summed E-state index contributed by atoms with van der Waals surface area (Å²) in [5.41, 5.74) is 7.04. The van der Waals surface area contributed by atoms with Crippen LogP contribution in [0.25, 0.3) is 0 Å². The summed E-state index contributed by atoms with van der Waals surface area (Å²) in [7, 11) is -0.411. The average molecular weight is 329 g/mol. The zero-order valence-electron chi connectivity index (χ0n) is 17.0. The maximum absolute atomic E-state index is 2.57. The van der Waals surface area contributed by atoms with Crippen LogP contribution < -0.4 is 0 Å². The zero-order chi connectivity index (χ0) is 17.7. The summed E-state index contributed by atoms with van der Waals surface area (Å²) in [6.45, 7) is 23.7. The largest absolute Gasteiger partial charge is 0.0875 e. The van der Waals surface area contributed by atoms with E-state index in [1.165, 1.54) is 0 Å². The molecule has 0 spiro atoms. The zero-order valence-corrected chi connectivity index (χ0v) is 18.4. The van der Waals surface area contributed by atoms with Crippen molar-refractivity contribution in [1.29, 1.82) is 0 Å². The number of rotatable bonds is 2. The summed E-state index contributed by atoms with van der Waals surface area (Å²) >= 11 is 0. The molecule has 0 bridgehead atoms. The van der Waals surface area contributed by atoms with Crippen LogP contribution in [0.1, 0.15) is 69.2 Å². The van der Waals surface area contributed by atoms with E-state index in [1.54, 1.807) is 32.7 Å². The first-order chi connectivity index (χ1) is 10.3. The van der Waals surface area contributed by atoms with Gasteiger partial charge in [0.1, 0.15) is 0 Å². The molecule has 23 heavy (non-hydrogen) atoms. The van der Waals surface area contributed by atoms with Crippen molar-refractivity contribution in [1.82, 2.24) is 0 Å². The average Bonchev–Trinajstić information content (AvgIpc) is 2.76. The van der Waals surface area contributed by atoms with Gasteiger partial charge in [0, 0.05) is 0 Å². The second-order valence-electron chi connectivity index (χ2n) is 9.75. The number of allylic oxidation sites excluding steroid dienone is 8. The van der Waals surface area contributed by atoms with E-state index in [0.29, 0.717) is 11.8 Å². The van der Waals surface area contributed by atoms with Gasteiger partial charge >= 0.3 is 0 Å². The van der Waals surface area contributed by atoms with Crippen molar-refractivity contribution in [2.75, 3.05) is 0 Å². The third kappa shape index (κ3) is 3.50. The fourth-order valence-electron chi connectivity index (χ4n) is 4.63. The maximum Gasteiger partial charge on any atom is 0.0875 e. The molecule has 0 saturated heterocycles. The molecule has 0 radical (unpaired) electrons. The van der Waals surface area contributed by atoms with E-state index >= 15 is 0 Å². The molecule has 0 aromatic rings. The highest BCUT2D eigenvalue weighted by Gasteiger charge is 2.33. The van der Waals surface area contributed by atoms with Crippen molar-refractivity contribution >= 4 is 9.52 Å². The molecule has 0 N–H and O–H groups in total. The molecule has 2 unspecified atom stereocenters. The van der Waals surface area contributed by atoms with Crippen molar-refractivity contribution in [3.63, 3.8) is 0 Å². The van der Waals surface area contributed by atoms with Crippen LogP contribution in [0, 0.1) is 22.7 Å². The lowest BCUT2D eigenvalue weighted by atomic mass is 9.84. The quantitative estimate of drug-likeness (QED) is 0.550. The monoisotopic (exact) mass is 328 g/mol. The molecule has 0 aromatic carbocycles. The highest BCUT2D eigenvalue weighted by Crippen LogP contribution is 2.46. The van der Waals surface area contributed by atoms with Crippen molar-refractivity contribution in [2.45, 2.75) is 69.2 Å². The molecular weight excluding hydrogens is 292 g/mol. The standard InChI is InChI=1S/C22H36Si/c1-13-11-17(19(15(13)3)21(5,6)7)23-18-12-14(2)16(4)20(18)22(8,9)10/h11-14H,23H2,1-10H3. The Labute approximate surface area is 146 Å². The van der Waals surface area contributed by atoms with E-state index in [2.05, 4.69) is 81.4 Å². The van der Waals surface area contributed by atoms with Gasteiger partial charge in [0.2, 0.25) is 0 Å². The molecule has 0 heterocycles. The molecule has 0 nitrogen and oxygen atoms in total. The van der Waals surface area contributed by atoms with E-state index in [-0.39, 0.29) is 10.8 Å². The van der Waals surface area contributed by atoms with Crippen LogP contribution in [0.3, 0.4) is 0 Å². The van der Waals surface area contributed by atoms with E-state index in [9.17, 15) is 0 Å². The van der Waals surface area contributed by atoms with Crippen LogP contribution in [0.4, 0.5) is 0 Å². The van der Waals surface area contributed by atoms with Gasteiger partial charge in [-0.2, -0.15) is 0 Å². The van der Waals surface area contributed by atoms with Gasteiger partial charge in [-0.25, -0.2) is 0 Å². The topological polar surface area (TPSA) is 0 Å². The predicted molar refractivity (Wildman–Crippen MR) is 107 cm³/mol. The summed E-state index contributed by atoms with van der Waals surface area (Å²) in [5, 5.41) is 3.41. The first-order valence-corrected chi connectivity index (χ1v) is 10.6. The van der Waals surface area contributed by atoms with Gasteiger partial charge in [-0.1, -0.05) is 89.1 Å². The molecule has 0 aromatic heterocycles. The molecule has 128 valence electrons. The molecule has 2 atom stereocenters. The maximum atomic E-state index is 2.57. The van der Waals surface area contributed by atoms with Gasteiger partial charge in [0.05, 0.1) is 9.52 Å². The lowest BCUT2D eigenvalue weighted by molar-refractivity contribution is 0.507. The van der Waals surface area contributed by atoms with E-state index in [4.69, 9.17) is 0 Å². The summed E-state index contributed by atoms with van der Waals surface area (Å²) in [6, 6.07) is 0. The van der Waals surface area contributed by atoms with Crippen LogP contribution in [-0.4, -0.2) is 9.52 Å². The van der Waals surface area contributed by atoms with E-state index < -0.39 is 9.52 Å². The lowest BCUT2D eigenvalue weighted by Gasteiger charge is -2.29. The minimum absolute atomic E-state index is 0.263. The second-order valence-corrected chi connectivity index (χ2v) is 11.6. The van der Waals surface area contributed by atoms with Gasteiger partial charge in [-0.3, -0.25) is 0 Å². The first-order valence-electron chi connectivity index (χ1n) is 9.18. The molecule has 2 rings (SSSR count). The number of hydrogen-bond donors (Lipinski definition) is 0. The van der Waals surface area contributed by atoms with Crippen LogP contribution in [0.5, 0.6) is 0 Å². The Morgan fingerprint density at radius 3 is 1.26 bits per heavy atom. The Kier molecular flexibility index (Phi) is 4.76. The van der Waals surface area contributed by atoms with Gasteiger partial charge in [0.25, 0.3) is 0 Å². The molecule has 0 aliphatic heterocycles. The van der Waals surface area contributed by atoms with Crippen molar-refractivity contribution in [3.8, 4) is 0 Å². The second kappa shape index (κ2) is 5.92. The molecular formula is C22H36Si. The fraction of sp³-hybridized carbons (Fsp3) is 0.636. The van der Waals surface area contributed by atoms with Gasteiger partial charge in [-0.05, 0) is 47.7 Å². The Bertz CT molecular complexity index is 568. The van der Waals surface area contributed by atoms with E-state index in [1.807, 2.05) is 0 Å². The van der Waals surface area contributed by atoms with Crippen LogP contribution in [0.2, 0.25) is 0 Å². The summed E-state index contributed by atoms with van der Waals surface area (Å²) < 4.78 is 0. The molecule has 0 amide bonds. The smallest absolute Gasteiger partial charge is 0.0783 e. The first kappa shape index (κ1) is 18.5. The summed E-state index contributed by atoms with van der Waals surface area (Å²) in [4.78, 5) is 0. The minimum atomic E-state index is -0.411. The third-order valence-electron chi connectivity index (χ3n) is 5.58. The van der Waals surface area contributed by atoms with Crippen molar-refractivity contribution in [3.05, 3.63) is 44.8 Å². The SMILES string of the molecule is CC1=C(C(C)(C)C)C([SiH2]C2=CC(C)C(C)=C2C(C)(C)C)=CC1C. The fourth-order valence-corrected chi connectivity index (χ4v) is 7.95. The van der Waals surface area contributed by atoms with Gasteiger partial charge < -0.3 is 0 Å². The van der Waals surface area contributed by atoms with Crippen LogP contribution >= 0.6 is 0 Å². The lowest BCUT2D eigenvalue weighted by Crippen LogP contribution is -2.19. The molecule has 1 heteroatoms. The predicted octanol–water partition coefficient (Wildman–Crippen LogP) is 5.95. The highest BCUT2D eigenvalue weighted by molar-refractivity contribution is 6.57. The molecule has 0 fully saturated rings. The van der Waals surface area contributed by atoms with E-state index in [0.717, 1.165) is 0 Å². The molecule has 2 aliphatic carbocycles. The van der Waals surface area contributed by atoms with Gasteiger partial charge in [0.15, 0.2) is 0 Å². The summed E-state index contributed by atoms with van der Waals surface area (Å²) in [5.74, 6) is 1.24. The molecule has 0 saturated carbocycles. The minimum Gasteiger partial charge on any atom is -0.0783 e. The third-order valence-corrected chi connectivity index (χ3v) is 7.52. The van der Waals surface area contributed by atoms with Gasteiger partial charge in [-0.15, -0.1) is 0 Å². The van der Waals surface area contributed by atoms with Crippen molar-refractivity contribution < 1.29 is 0 Å². The Morgan fingerprint density at radius 2 is 1.00 bits per heavy atom. The number of hydrogen-bond acceptors (Lipinski definition) is 0. The Balaban J connectivity index is 2.40. The van der Waals surface area contributed by atoms with Crippen LogP contribution in [-0.2, 0) is 0 Å². The Hall–Kier alpha value is -0.823. The normalized spacial score (nSPS) is 26.7.